The lowest BCUT2D eigenvalue weighted by molar-refractivity contribution is 0.0690. The molecular weight excluding hydrogens is 264 g/mol. The maximum atomic E-state index is 11.0. The molecule has 0 radical (unpaired) electrons. The zero-order valence-electron chi connectivity index (χ0n) is 10.7. The van der Waals surface area contributed by atoms with Gasteiger partial charge in [-0.15, -0.1) is 0 Å². The smallest absolute Gasteiger partial charge is 0.356 e. The van der Waals surface area contributed by atoms with Crippen molar-refractivity contribution in [1.29, 1.82) is 0 Å². The van der Waals surface area contributed by atoms with E-state index < -0.39 is 5.97 Å². The van der Waals surface area contributed by atoms with Gasteiger partial charge >= 0.3 is 5.97 Å². The first-order chi connectivity index (χ1) is 9.69. The lowest BCUT2D eigenvalue weighted by Crippen LogP contribution is -2.04. The van der Waals surface area contributed by atoms with E-state index in [0.29, 0.717) is 22.9 Å². The summed E-state index contributed by atoms with van der Waals surface area (Å²) in [6.07, 6.45) is 0. The first-order valence-electron chi connectivity index (χ1n) is 5.90. The molecule has 104 valence electrons. The monoisotopic (exact) mass is 276 g/mol. The highest BCUT2D eigenvalue weighted by Gasteiger charge is 2.18. The summed E-state index contributed by atoms with van der Waals surface area (Å²) in [5, 5.41) is 13.1. The van der Waals surface area contributed by atoms with Crippen molar-refractivity contribution in [2.24, 2.45) is 0 Å². The maximum absolute atomic E-state index is 11.0. The van der Waals surface area contributed by atoms with Gasteiger partial charge in [0, 0.05) is 13.2 Å². The van der Waals surface area contributed by atoms with Crippen LogP contribution in [-0.2, 0) is 11.3 Å². The number of carbonyl (C=O) groups is 1. The molecule has 0 unspecified atom stereocenters. The van der Waals surface area contributed by atoms with Crippen molar-refractivity contribution in [2.45, 2.75) is 6.61 Å². The third-order valence-corrected chi connectivity index (χ3v) is 2.90. The molecule has 0 amide bonds. The van der Waals surface area contributed by atoms with E-state index in [2.05, 4.69) is 5.10 Å². The number of nitrogens with zero attached hydrogens (tertiary/aromatic N) is 2. The summed E-state index contributed by atoms with van der Waals surface area (Å²) in [5.41, 5.74) is 1.30. The Morgan fingerprint density at radius 1 is 1.40 bits per heavy atom. The Kier molecular flexibility index (Phi) is 3.03. The lowest BCUT2D eigenvalue weighted by atomic mass is 10.2. The van der Waals surface area contributed by atoms with Gasteiger partial charge < -0.3 is 19.3 Å². The Labute approximate surface area is 114 Å². The second kappa shape index (κ2) is 4.86. The molecule has 2 aromatic rings. The van der Waals surface area contributed by atoms with Crippen LogP contribution in [-0.4, -0.2) is 34.8 Å². The number of hydrogen-bond donors (Lipinski definition) is 1. The maximum Gasteiger partial charge on any atom is 0.356 e. The predicted molar refractivity (Wildman–Crippen MR) is 67.4 cm³/mol. The first kappa shape index (κ1) is 12.5. The number of carboxylic acid groups (broad SMARTS) is 1. The van der Waals surface area contributed by atoms with Crippen molar-refractivity contribution in [3.63, 3.8) is 0 Å². The molecule has 3 rings (SSSR count). The van der Waals surface area contributed by atoms with Gasteiger partial charge in [-0.05, 0) is 18.2 Å². The highest BCUT2D eigenvalue weighted by molar-refractivity contribution is 5.85. The molecule has 1 aromatic heterocycles. The van der Waals surface area contributed by atoms with Crippen molar-refractivity contribution in [3.05, 3.63) is 35.7 Å². The van der Waals surface area contributed by atoms with E-state index in [-0.39, 0.29) is 19.1 Å². The lowest BCUT2D eigenvalue weighted by Gasteiger charge is -2.07. The molecule has 0 aliphatic carbocycles. The minimum absolute atomic E-state index is 0.0327. The van der Waals surface area contributed by atoms with Crippen LogP contribution >= 0.6 is 0 Å². The highest BCUT2D eigenvalue weighted by Crippen LogP contribution is 2.33. The topological polar surface area (TPSA) is 82.8 Å². The van der Waals surface area contributed by atoms with Crippen molar-refractivity contribution < 1.29 is 24.1 Å². The summed E-state index contributed by atoms with van der Waals surface area (Å²) in [6.45, 7) is 0.442. The average Bonchev–Trinajstić information content (AvgIpc) is 3.04. The van der Waals surface area contributed by atoms with Crippen LogP contribution in [0, 0.1) is 0 Å². The van der Waals surface area contributed by atoms with Gasteiger partial charge in [-0.3, -0.25) is 0 Å². The van der Waals surface area contributed by atoms with Gasteiger partial charge in [-0.25, -0.2) is 9.48 Å². The number of fused-ring (bicyclic) bond motifs is 1. The van der Waals surface area contributed by atoms with Crippen LogP contribution in [0.3, 0.4) is 0 Å². The van der Waals surface area contributed by atoms with Gasteiger partial charge in [0.25, 0.3) is 0 Å². The number of aromatic nitrogens is 2. The molecule has 1 aliphatic heterocycles. The van der Waals surface area contributed by atoms with Crippen LogP contribution in [0.2, 0.25) is 0 Å². The van der Waals surface area contributed by atoms with E-state index in [1.807, 2.05) is 0 Å². The molecule has 2 heterocycles. The Balaban J connectivity index is 2.06. The fraction of sp³-hybridized carbons (Fsp3) is 0.231. The van der Waals surface area contributed by atoms with Gasteiger partial charge in [0.15, 0.2) is 17.2 Å². The van der Waals surface area contributed by atoms with Crippen molar-refractivity contribution >= 4 is 5.97 Å². The van der Waals surface area contributed by atoms with E-state index in [4.69, 9.17) is 19.3 Å². The molecule has 0 saturated carbocycles. The largest absolute Gasteiger partial charge is 0.476 e. The number of methoxy groups -OCH3 is 1. The fourth-order valence-electron chi connectivity index (χ4n) is 2.02. The van der Waals surface area contributed by atoms with E-state index in [1.165, 1.54) is 17.9 Å². The van der Waals surface area contributed by atoms with Crippen LogP contribution in [0.4, 0.5) is 0 Å². The number of carboxylic acids is 1. The Bertz CT molecular complexity index is 665. The van der Waals surface area contributed by atoms with Crippen molar-refractivity contribution in [1.82, 2.24) is 9.78 Å². The average molecular weight is 276 g/mol. The summed E-state index contributed by atoms with van der Waals surface area (Å²) in [6, 6.07) is 6.78. The number of rotatable bonds is 4. The zero-order valence-corrected chi connectivity index (χ0v) is 10.7. The molecule has 20 heavy (non-hydrogen) atoms. The summed E-state index contributed by atoms with van der Waals surface area (Å²) in [4.78, 5) is 11.0. The quantitative estimate of drug-likeness (QED) is 0.910. The van der Waals surface area contributed by atoms with Crippen LogP contribution in [0.15, 0.2) is 24.3 Å². The van der Waals surface area contributed by atoms with Crippen LogP contribution in [0.25, 0.3) is 5.69 Å². The highest BCUT2D eigenvalue weighted by atomic mass is 16.7. The molecule has 0 bridgehead atoms. The first-order valence-corrected chi connectivity index (χ1v) is 5.90. The minimum atomic E-state index is -1.08. The number of ether oxygens (including phenoxy) is 3. The predicted octanol–water partition coefficient (Wildman–Crippen LogP) is 1.45. The van der Waals surface area contributed by atoms with Crippen molar-refractivity contribution in [3.8, 4) is 17.2 Å². The molecule has 7 nitrogen and oxygen atoms in total. The normalized spacial score (nSPS) is 12.7. The standard InChI is InChI=1S/C13H12N2O5/c1-18-6-9-4-10(13(16)17)14-15(9)8-2-3-11-12(5-8)20-7-19-11/h2-5H,6-7H2,1H3,(H,16,17). The van der Waals surface area contributed by atoms with Gasteiger partial charge in [-0.2, -0.15) is 5.10 Å². The molecule has 0 atom stereocenters. The van der Waals surface area contributed by atoms with Crippen LogP contribution < -0.4 is 9.47 Å². The molecule has 1 aliphatic rings. The van der Waals surface area contributed by atoms with E-state index in [0.717, 1.165) is 0 Å². The third kappa shape index (κ3) is 2.08. The molecule has 0 fully saturated rings. The second-order valence-corrected chi connectivity index (χ2v) is 4.21. The molecule has 7 heteroatoms. The minimum Gasteiger partial charge on any atom is -0.476 e. The van der Waals surface area contributed by atoms with Gasteiger partial charge in [0.2, 0.25) is 6.79 Å². The number of hydrogen-bond acceptors (Lipinski definition) is 5. The third-order valence-electron chi connectivity index (χ3n) is 2.90. The molecule has 1 N–H and O–H groups in total. The second-order valence-electron chi connectivity index (χ2n) is 4.21. The van der Waals surface area contributed by atoms with E-state index in [1.54, 1.807) is 18.2 Å². The summed E-state index contributed by atoms with van der Waals surface area (Å²) in [7, 11) is 1.54. The summed E-state index contributed by atoms with van der Waals surface area (Å²) in [5.74, 6) is 0.188. The number of benzene rings is 1. The molecular formula is C13H12N2O5. The van der Waals surface area contributed by atoms with Gasteiger partial charge in [0.05, 0.1) is 18.0 Å². The number of aromatic carboxylic acids is 1. The van der Waals surface area contributed by atoms with Crippen molar-refractivity contribution in [2.75, 3.05) is 13.9 Å². The van der Waals surface area contributed by atoms with Crippen LogP contribution in [0.5, 0.6) is 11.5 Å². The molecule has 0 spiro atoms. The van der Waals surface area contributed by atoms with Gasteiger partial charge in [-0.1, -0.05) is 0 Å². The molecule has 1 aromatic carbocycles. The van der Waals surface area contributed by atoms with Gasteiger partial charge in [0.1, 0.15) is 0 Å². The van der Waals surface area contributed by atoms with E-state index in [9.17, 15) is 4.79 Å². The summed E-state index contributed by atoms with van der Waals surface area (Å²) < 4.78 is 17.1. The Morgan fingerprint density at radius 3 is 2.95 bits per heavy atom. The molecule has 0 saturated heterocycles. The summed E-state index contributed by atoms with van der Waals surface area (Å²) >= 11 is 0. The Hall–Kier alpha value is -2.54. The van der Waals surface area contributed by atoms with Crippen LogP contribution in [0.1, 0.15) is 16.2 Å². The Morgan fingerprint density at radius 2 is 2.20 bits per heavy atom. The fourth-order valence-corrected chi connectivity index (χ4v) is 2.02. The SMILES string of the molecule is COCc1cc(C(=O)O)nn1-c1ccc2c(c1)OCO2. The zero-order chi connectivity index (χ0) is 14.1. The van der Waals surface area contributed by atoms with E-state index >= 15 is 0 Å².